The highest BCUT2D eigenvalue weighted by atomic mass is 19.4. The van der Waals surface area contributed by atoms with Gasteiger partial charge in [-0.1, -0.05) is 13.3 Å². The van der Waals surface area contributed by atoms with E-state index in [9.17, 15) is 13.2 Å². The minimum absolute atomic E-state index is 0.0297. The average molecular weight is 283 g/mol. The SMILES string of the molecule is CCC1(CNc2nc(C(F)(F)F)ccc2C#N)CCC1. The van der Waals surface area contributed by atoms with Gasteiger partial charge in [-0.25, -0.2) is 4.98 Å². The van der Waals surface area contributed by atoms with E-state index in [1.807, 2.05) is 6.07 Å². The number of rotatable bonds is 4. The van der Waals surface area contributed by atoms with Gasteiger partial charge in [0.25, 0.3) is 0 Å². The zero-order valence-corrected chi connectivity index (χ0v) is 11.2. The largest absolute Gasteiger partial charge is 0.433 e. The Kier molecular flexibility index (Phi) is 3.89. The van der Waals surface area contributed by atoms with E-state index in [0.29, 0.717) is 6.54 Å². The average Bonchev–Trinajstić information content (AvgIpc) is 2.36. The summed E-state index contributed by atoms with van der Waals surface area (Å²) in [7, 11) is 0. The minimum atomic E-state index is -4.50. The molecule has 1 aliphatic carbocycles. The third-order valence-corrected chi connectivity index (χ3v) is 4.10. The molecule has 108 valence electrons. The van der Waals surface area contributed by atoms with Crippen molar-refractivity contribution in [3.63, 3.8) is 0 Å². The molecule has 1 saturated carbocycles. The monoisotopic (exact) mass is 283 g/mol. The molecule has 6 heteroatoms. The number of hydrogen-bond donors (Lipinski definition) is 1. The number of anilines is 1. The standard InChI is InChI=1S/C14H16F3N3/c1-2-13(6-3-7-13)9-19-12-10(8-18)4-5-11(20-12)14(15,16)17/h4-5H,2-3,6-7,9H2,1H3,(H,19,20). The van der Waals surface area contributed by atoms with Crippen molar-refractivity contribution in [2.45, 2.75) is 38.8 Å². The van der Waals surface area contributed by atoms with Crippen molar-refractivity contribution < 1.29 is 13.2 Å². The molecule has 1 heterocycles. The highest BCUT2D eigenvalue weighted by molar-refractivity contribution is 5.52. The van der Waals surface area contributed by atoms with Crippen LogP contribution in [-0.4, -0.2) is 11.5 Å². The Balaban J connectivity index is 2.19. The van der Waals surface area contributed by atoms with Crippen LogP contribution in [0.15, 0.2) is 12.1 Å². The van der Waals surface area contributed by atoms with Gasteiger partial charge in [-0.05, 0) is 36.8 Å². The van der Waals surface area contributed by atoms with Crippen LogP contribution in [0, 0.1) is 16.7 Å². The van der Waals surface area contributed by atoms with Gasteiger partial charge in [-0.3, -0.25) is 0 Å². The molecule has 0 aromatic carbocycles. The first-order valence-corrected chi connectivity index (χ1v) is 6.62. The number of nitrogens with zero attached hydrogens (tertiary/aromatic N) is 2. The van der Waals surface area contributed by atoms with E-state index in [2.05, 4.69) is 17.2 Å². The highest BCUT2D eigenvalue weighted by Gasteiger charge is 2.36. The minimum Gasteiger partial charge on any atom is -0.368 e. The van der Waals surface area contributed by atoms with Gasteiger partial charge in [0.2, 0.25) is 0 Å². The summed E-state index contributed by atoms with van der Waals surface area (Å²) in [5.74, 6) is 0.0297. The van der Waals surface area contributed by atoms with E-state index in [0.717, 1.165) is 37.8 Å². The van der Waals surface area contributed by atoms with Crippen LogP contribution >= 0.6 is 0 Å². The molecule has 1 aromatic heterocycles. The Hall–Kier alpha value is -1.77. The lowest BCUT2D eigenvalue weighted by Crippen LogP contribution is -2.36. The topological polar surface area (TPSA) is 48.7 Å². The maximum absolute atomic E-state index is 12.6. The summed E-state index contributed by atoms with van der Waals surface area (Å²) in [6.45, 7) is 2.64. The second kappa shape index (κ2) is 5.31. The number of nitrogens with one attached hydrogen (secondary N) is 1. The fourth-order valence-electron chi connectivity index (χ4n) is 2.45. The van der Waals surface area contributed by atoms with Crippen molar-refractivity contribution in [2.24, 2.45) is 5.41 Å². The number of halogens is 3. The molecule has 0 aliphatic heterocycles. The fraction of sp³-hybridized carbons (Fsp3) is 0.571. The smallest absolute Gasteiger partial charge is 0.368 e. The molecule has 1 aromatic rings. The lowest BCUT2D eigenvalue weighted by Gasteiger charge is -2.41. The predicted molar refractivity (Wildman–Crippen MR) is 69.0 cm³/mol. The Morgan fingerprint density at radius 1 is 1.40 bits per heavy atom. The Labute approximate surface area is 115 Å². The maximum Gasteiger partial charge on any atom is 0.433 e. The number of aromatic nitrogens is 1. The van der Waals surface area contributed by atoms with E-state index in [1.54, 1.807) is 0 Å². The molecular formula is C14H16F3N3. The second-order valence-corrected chi connectivity index (χ2v) is 5.26. The van der Waals surface area contributed by atoms with Crippen molar-refractivity contribution >= 4 is 5.82 Å². The molecule has 1 aliphatic rings. The molecule has 0 unspecified atom stereocenters. The zero-order chi connectivity index (χ0) is 14.8. The third kappa shape index (κ3) is 2.87. The molecule has 0 radical (unpaired) electrons. The van der Waals surface area contributed by atoms with Gasteiger partial charge in [0.15, 0.2) is 0 Å². The van der Waals surface area contributed by atoms with Gasteiger partial charge >= 0.3 is 6.18 Å². The molecule has 0 bridgehead atoms. The van der Waals surface area contributed by atoms with Crippen molar-refractivity contribution in [2.75, 3.05) is 11.9 Å². The van der Waals surface area contributed by atoms with Crippen molar-refractivity contribution in [1.29, 1.82) is 5.26 Å². The number of pyridine rings is 1. The molecule has 0 saturated heterocycles. The lowest BCUT2D eigenvalue weighted by atomic mass is 9.67. The van der Waals surface area contributed by atoms with Gasteiger partial charge < -0.3 is 5.32 Å². The first-order valence-electron chi connectivity index (χ1n) is 6.62. The molecule has 1 fully saturated rings. The van der Waals surface area contributed by atoms with Gasteiger partial charge in [-0.2, -0.15) is 18.4 Å². The van der Waals surface area contributed by atoms with Crippen LogP contribution in [0.3, 0.4) is 0 Å². The van der Waals surface area contributed by atoms with Crippen LogP contribution < -0.4 is 5.32 Å². The summed E-state index contributed by atoms with van der Waals surface area (Å²) in [6.07, 6.45) is -0.241. The quantitative estimate of drug-likeness (QED) is 0.909. The van der Waals surface area contributed by atoms with Crippen molar-refractivity contribution in [1.82, 2.24) is 4.98 Å². The summed E-state index contributed by atoms with van der Waals surface area (Å²) in [5.41, 5.74) is -0.690. The normalized spacial score (nSPS) is 17.1. The van der Waals surface area contributed by atoms with Gasteiger partial charge in [-0.15, -0.1) is 0 Å². The Bertz CT molecular complexity index is 522. The third-order valence-electron chi connectivity index (χ3n) is 4.10. The highest BCUT2D eigenvalue weighted by Crippen LogP contribution is 2.43. The second-order valence-electron chi connectivity index (χ2n) is 5.26. The summed E-state index contributed by atoms with van der Waals surface area (Å²) >= 11 is 0. The van der Waals surface area contributed by atoms with Gasteiger partial charge in [0.05, 0.1) is 5.56 Å². The molecule has 0 spiro atoms. The number of hydrogen-bond acceptors (Lipinski definition) is 3. The van der Waals surface area contributed by atoms with Crippen LogP contribution in [0.1, 0.15) is 43.9 Å². The van der Waals surface area contributed by atoms with E-state index in [1.165, 1.54) is 0 Å². The molecular weight excluding hydrogens is 267 g/mol. The van der Waals surface area contributed by atoms with E-state index >= 15 is 0 Å². The van der Waals surface area contributed by atoms with Crippen LogP contribution in [0.2, 0.25) is 0 Å². The van der Waals surface area contributed by atoms with Gasteiger partial charge in [0.1, 0.15) is 17.6 Å². The lowest BCUT2D eigenvalue weighted by molar-refractivity contribution is -0.141. The van der Waals surface area contributed by atoms with Gasteiger partial charge in [0, 0.05) is 6.54 Å². The van der Waals surface area contributed by atoms with E-state index in [4.69, 9.17) is 5.26 Å². The molecule has 1 N–H and O–H groups in total. The molecule has 20 heavy (non-hydrogen) atoms. The van der Waals surface area contributed by atoms with Crippen LogP contribution in [-0.2, 0) is 6.18 Å². The Morgan fingerprint density at radius 3 is 2.55 bits per heavy atom. The molecule has 0 amide bonds. The summed E-state index contributed by atoms with van der Waals surface area (Å²) in [4.78, 5) is 3.55. The first kappa shape index (κ1) is 14.6. The number of nitriles is 1. The van der Waals surface area contributed by atoms with Crippen molar-refractivity contribution in [3.8, 4) is 6.07 Å². The fourth-order valence-corrected chi connectivity index (χ4v) is 2.45. The predicted octanol–water partition coefficient (Wildman–Crippen LogP) is 3.96. The van der Waals surface area contributed by atoms with E-state index in [-0.39, 0.29) is 16.8 Å². The summed E-state index contributed by atoms with van der Waals surface area (Å²) in [6, 6.07) is 3.87. The zero-order valence-electron chi connectivity index (χ0n) is 11.2. The van der Waals surface area contributed by atoms with Crippen LogP contribution in [0.25, 0.3) is 0 Å². The summed E-state index contributed by atoms with van der Waals surface area (Å²) in [5, 5.41) is 11.9. The Morgan fingerprint density at radius 2 is 2.10 bits per heavy atom. The number of alkyl halides is 3. The maximum atomic E-state index is 12.6. The molecule has 3 nitrogen and oxygen atoms in total. The van der Waals surface area contributed by atoms with Crippen LogP contribution in [0.5, 0.6) is 0 Å². The first-order chi connectivity index (χ1) is 9.40. The summed E-state index contributed by atoms with van der Waals surface area (Å²) < 4.78 is 37.9. The molecule has 2 rings (SSSR count). The van der Waals surface area contributed by atoms with Crippen LogP contribution in [0.4, 0.5) is 19.0 Å². The van der Waals surface area contributed by atoms with Crippen molar-refractivity contribution in [3.05, 3.63) is 23.4 Å². The molecule has 0 atom stereocenters. The van der Waals surface area contributed by atoms with E-state index < -0.39 is 11.9 Å².